The minimum atomic E-state index is 0.395. The molecule has 1 aliphatic rings. The Morgan fingerprint density at radius 2 is 2.00 bits per heavy atom. The second-order valence-electron chi connectivity index (χ2n) is 4.96. The highest BCUT2D eigenvalue weighted by atomic mass is 15.5. The SMILES string of the molecule is CCC1CC(C(C)(C)C)N(C)N1. The van der Waals surface area contributed by atoms with Crippen LogP contribution in [0.2, 0.25) is 0 Å². The summed E-state index contributed by atoms with van der Waals surface area (Å²) in [4.78, 5) is 0. The third kappa shape index (κ3) is 1.99. The molecule has 2 atom stereocenters. The van der Waals surface area contributed by atoms with Crippen molar-refractivity contribution in [1.29, 1.82) is 0 Å². The Kier molecular flexibility index (Phi) is 2.79. The summed E-state index contributed by atoms with van der Waals surface area (Å²) in [5.41, 5.74) is 3.89. The van der Waals surface area contributed by atoms with Crippen molar-refractivity contribution >= 4 is 0 Å². The van der Waals surface area contributed by atoms with Gasteiger partial charge in [-0.2, -0.15) is 0 Å². The molecular formula is C10H22N2. The van der Waals surface area contributed by atoms with E-state index in [0.29, 0.717) is 17.5 Å². The summed E-state index contributed by atoms with van der Waals surface area (Å²) < 4.78 is 0. The quantitative estimate of drug-likeness (QED) is 0.647. The van der Waals surface area contributed by atoms with Crippen molar-refractivity contribution in [3.05, 3.63) is 0 Å². The minimum Gasteiger partial charge on any atom is -0.252 e. The second-order valence-corrected chi connectivity index (χ2v) is 4.96. The van der Waals surface area contributed by atoms with Gasteiger partial charge in [0.2, 0.25) is 0 Å². The molecule has 1 fully saturated rings. The van der Waals surface area contributed by atoms with Crippen LogP contribution in [-0.4, -0.2) is 24.1 Å². The lowest BCUT2D eigenvalue weighted by Crippen LogP contribution is -2.41. The zero-order chi connectivity index (χ0) is 9.35. The molecule has 2 nitrogen and oxygen atoms in total. The number of nitrogens with one attached hydrogen (secondary N) is 1. The predicted molar refractivity (Wildman–Crippen MR) is 52.8 cm³/mol. The first-order valence-electron chi connectivity index (χ1n) is 4.94. The summed E-state index contributed by atoms with van der Waals surface area (Å²) in [6.45, 7) is 9.19. The van der Waals surface area contributed by atoms with Crippen molar-refractivity contribution in [3.8, 4) is 0 Å². The van der Waals surface area contributed by atoms with Gasteiger partial charge in [-0.15, -0.1) is 0 Å². The number of rotatable bonds is 1. The molecule has 2 heteroatoms. The lowest BCUT2D eigenvalue weighted by atomic mass is 9.84. The first-order chi connectivity index (χ1) is 5.45. The van der Waals surface area contributed by atoms with Crippen LogP contribution in [0.5, 0.6) is 0 Å². The van der Waals surface area contributed by atoms with E-state index in [1.807, 2.05) is 0 Å². The maximum absolute atomic E-state index is 3.49. The van der Waals surface area contributed by atoms with E-state index < -0.39 is 0 Å². The molecule has 0 saturated carbocycles. The van der Waals surface area contributed by atoms with Crippen LogP contribution < -0.4 is 5.43 Å². The van der Waals surface area contributed by atoms with Gasteiger partial charge >= 0.3 is 0 Å². The fourth-order valence-electron chi connectivity index (χ4n) is 2.05. The van der Waals surface area contributed by atoms with E-state index in [1.165, 1.54) is 12.8 Å². The average molecular weight is 170 g/mol. The molecule has 12 heavy (non-hydrogen) atoms. The van der Waals surface area contributed by atoms with E-state index in [0.717, 1.165) is 0 Å². The number of hydrazine groups is 1. The summed E-state index contributed by atoms with van der Waals surface area (Å²) in [7, 11) is 2.16. The van der Waals surface area contributed by atoms with E-state index in [-0.39, 0.29) is 0 Å². The second kappa shape index (κ2) is 3.35. The molecule has 0 radical (unpaired) electrons. The first kappa shape index (κ1) is 10.0. The van der Waals surface area contributed by atoms with E-state index >= 15 is 0 Å². The van der Waals surface area contributed by atoms with Crippen LogP contribution >= 0.6 is 0 Å². The van der Waals surface area contributed by atoms with E-state index in [9.17, 15) is 0 Å². The van der Waals surface area contributed by atoms with Crippen molar-refractivity contribution in [2.24, 2.45) is 5.41 Å². The highest BCUT2D eigenvalue weighted by molar-refractivity contribution is 4.89. The summed E-state index contributed by atoms with van der Waals surface area (Å²) in [5.74, 6) is 0. The molecule has 0 aliphatic carbocycles. The zero-order valence-corrected chi connectivity index (χ0v) is 9.02. The lowest BCUT2D eigenvalue weighted by molar-refractivity contribution is 0.130. The van der Waals surface area contributed by atoms with Gasteiger partial charge in [0.05, 0.1) is 0 Å². The minimum absolute atomic E-state index is 0.395. The number of hydrogen-bond donors (Lipinski definition) is 1. The third-order valence-electron chi connectivity index (χ3n) is 2.85. The summed E-state index contributed by atoms with van der Waals surface area (Å²) in [5, 5.41) is 2.29. The summed E-state index contributed by atoms with van der Waals surface area (Å²) >= 11 is 0. The van der Waals surface area contributed by atoms with E-state index in [1.54, 1.807) is 0 Å². The Morgan fingerprint density at radius 1 is 1.42 bits per heavy atom. The van der Waals surface area contributed by atoms with Crippen molar-refractivity contribution in [2.45, 2.75) is 52.6 Å². The van der Waals surface area contributed by atoms with Gasteiger partial charge < -0.3 is 0 Å². The largest absolute Gasteiger partial charge is 0.252 e. The van der Waals surface area contributed by atoms with Crippen LogP contribution in [-0.2, 0) is 0 Å². The molecule has 1 heterocycles. The predicted octanol–water partition coefficient (Wildman–Crippen LogP) is 2.02. The highest BCUT2D eigenvalue weighted by Gasteiger charge is 2.35. The van der Waals surface area contributed by atoms with Crippen LogP contribution in [0, 0.1) is 5.41 Å². The molecule has 1 N–H and O–H groups in total. The molecule has 1 aliphatic heterocycles. The van der Waals surface area contributed by atoms with Gasteiger partial charge in [0.25, 0.3) is 0 Å². The third-order valence-corrected chi connectivity index (χ3v) is 2.85. The smallest absolute Gasteiger partial charge is 0.0304 e. The average Bonchev–Trinajstić information content (AvgIpc) is 2.29. The maximum atomic E-state index is 3.49. The monoisotopic (exact) mass is 170 g/mol. The standard InChI is InChI=1S/C10H22N2/c1-6-8-7-9(10(2,3)4)12(5)11-8/h8-9,11H,6-7H2,1-5H3. The Morgan fingerprint density at radius 3 is 2.25 bits per heavy atom. The molecular weight excluding hydrogens is 148 g/mol. The zero-order valence-electron chi connectivity index (χ0n) is 9.02. The van der Waals surface area contributed by atoms with Gasteiger partial charge in [0.15, 0.2) is 0 Å². The van der Waals surface area contributed by atoms with Gasteiger partial charge in [0, 0.05) is 19.1 Å². The molecule has 2 unspecified atom stereocenters. The van der Waals surface area contributed by atoms with Gasteiger partial charge in [-0.3, -0.25) is 5.43 Å². The van der Waals surface area contributed by atoms with Crippen LogP contribution in [0.25, 0.3) is 0 Å². The Labute approximate surface area is 76.3 Å². The van der Waals surface area contributed by atoms with Gasteiger partial charge in [0.1, 0.15) is 0 Å². The molecule has 0 amide bonds. The van der Waals surface area contributed by atoms with Crippen LogP contribution in [0.3, 0.4) is 0 Å². The molecule has 0 spiro atoms. The van der Waals surface area contributed by atoms with Crippen molar-refractivity contribution in [3.63, 3.8) is 0 Å². The van der Waals surface area contributed by atoms with Crippen molar-refractivity contribution in [2.75, 3.05) is 7.05 Å². The lowest BCUT2D eigenvalue weighted by Gasteiger charge is -2.31. The molecule has 0 aromatic rings. The Bertz CT molecular complexity index is 148. The molecule has 0 aromatic carbocycles. The molecule has 1 saturated heterocycles. The molecule has 0 bridgehead atoms. The van der Waals surface area contributed by atoms with Crippen LogP contribution in [0.1, 0.15) is 40.5 Å². The fourth-order valence-corrected chi connectivity index (χ4v) is 2.05. The highest BCUT2D eigenvalue weighted by Crippen LogP contribution is 2.30. The van der Waals surface area contributed by atoms with Crippen LogP contribution in [0.4, 0.5) is 0 Å². The first-order valence-corrected chi connectivity index (χ1v) is 4.94. The summed E-state index contributed by atoms with van der Waals surface area (Å²) in [6, 6.07) is 1.38. The van der Waals surface area contributed by atoms with E-state index in [4.69, 9.17) is 0 Å². The fraction of sp³-hybridized carbons (Fsp3) is 1.00. The molecule has 72 valence electrons. The molecule has 1 rings (SSSR count). The van der Waals surface area contributed by atoms with E-state index in [2.05, 4.69) is 45.2 Å². The topological polar surface area (TPSA) is 15.3 Å². The normalized spacial score (nSPS) is 32.8. The Balaban J connectivity index is 2.58. The number of nitrogens with zero attached hydrogens (tertiary/aromatic N) is 1. The molecule has 0 aromatic heterocycles. The van der Waals surface area contributed by atoms with Crippen molar-refractivity contribution in [1.82, 2.24) is 10.4 Å². The summed E-state index contributed by atoms with van der Waals surface area (Å²) in [6.07, 6.45) is 2.52. The van der Waals surface area contributed by atoms with Gasteiger partial charge in [-0.05, 0) is 18.3 Å². The Hall–Kier alpha value is -0.0800. The number of hydrogen-bond acceptors (Lipinski definition) is 2. The van der Waals surface area contributed by atoms with Gasteiger partial charge in [-0.1, -0.05) is 27.7 Å². The van der Waals surface area contributed by atoms with Crippen molar-refractivity contribution < 1.29 is 0 Å². The van der Waals surface area contributed by atoms with Gasteiger partial charge in [-0.25, -0.2) is 5.01 Å². The maximum Gasteiger partial charge on any atom is 0.0304 e. The van der Waals surface area contributed by atoms with Crippen LogP contribution in [0.15, 0.2) is 0 Å².